The fourth-order valence-corrected chi connectivity index (χ4v) is 1.59. The Bertz CT molecular complexity index is 514. The van der Waals surface area contributed by atoms with Crippen molar-refractivity contribution in [2.24, 2.45) is 5.84 Å². The molecular formula is C10H16N6O2. The Morgan fingerprint density at radius 1 is 1.61 bits per heavy atom. The van der Waals surface area contributed by atoms with Crippen LogP contribution < -0.4 is 16.6 Å². The van der Waals surface area contributed by atoms with Gasteiger partial charge in [-0.3, -0.25) is 0 Å². The topological polar surface area (TPSA) is 110 Å². The fraction of sp³-hybridized carbons (Fsp3) is 0.400. The van der Waals surface area contributed by atoms with Crippen molar-refractivity contribution in [3.63, 3.8) is 0 Å². The molecule has 5 N–H and O–H groups in total. The summed E-state index contributed by atoms with van der Waals surface area (Å²) < 4.78 is 6.63. The van der Waals surface area contributed by atoms with Gasteiger partial charge in [0.2, 0.25) is 0 Å². The van der Waals surface area contributed by atoms with Crippen LogP contribution in [-0.4, -0.2) is 45.8 Å². The summed E-state index contributed by atoms with van der Waals surface area (Å²) in [6.07, 6.45) is 4.56. The van der Waals surface area contributed by atoms with Crippen molar-refractivity contribution >= 4 is 17.3 Å². The number of hydrogen-bond acceptors (Lipinski definition) is 7. The number of fused-ring (bicyclic) bond motifs is 1. The van der Waals surface area contributed by atoms with E-state index in [1.54, 1.807) is 23.0 Å². The van der Waals surface area contributed by atoms with E-state index in [1.807, 2.05) is 0 Å². The number of hydrogen-bond donors (Lipinski definition) is 4. The van der Waals surface area contributed by atoms with E-state index in [0.717, 1.165) is 0 Å². The summed E-state index contributed by atoms with van der Waals surface area (Å²) in [6, 6.07) is 0. The Balaban J connectivity index is 2.18. The molecule has 0 radical (unpaired) electrons. The van der Waals surface area contributed by atoms with Crippen LogP contribution in [0, 0.1) is 0 Å². The molecule has 2 aromatic rings. The predicted octanol–water partition coefficient (Wildman–Crippen LogP) is -0.566. The number of anilines is 2. The smallest absolute Gasteiger partial charge is 0.180 e. The number of nitrogen functional groups attached to an aromatic ring is 1. The maximum Gasteiger partial charge on any atom is 0.180 e. The van der Waals surface area contributed by atoms with Crippen LogP contribution in [0.5, 0.6) is 0 Å². The van der Waals surface area contributed by atoms with Gasteiger partial charge in [-0.25, -0.2) is 15.8 Å². The molecule has 0 saturated carbocycles. The minimum atomic E-state index is -0.610. The summed E-state index contributed by atoms with van der Waals surface area (Å²) in [5.74, 6) is 6.39. The molecule has 0 spiro atoms. The van der Waals surface area contributed by atoms with Gasteiger partial charge in [0.05, 0.1) is 18.9 Å². The summed E-state index contributed by atoms with van der Waals surface area (Å²) in [5, 5.41) is 12.6. The van der Waals surface area contributed by atoms with Crippen molar-refractivity contribution in [3.8, 4) is 0 Å². The third-order valence-electron chi connectivity index (χ3n) is 2.39. The zero-order chi connectivity index (χ0) is 13.0. The van der Waals surface area contributed by atoms with Gasteiger partial charge in [0.15, 0.2) is 17.3 Å². The van der Waals surface area contributed by atoms with E-state index >= 15 is 0 Å². The third kappa shape index (κ3) is 2.67. The molecule has 0 fully saturated rings. The largest absolute Gasteiger partial charge is 0.389 e. The van der Waals surface area contributed by atoms with Crippen molar-refractivity contribution in [2.45, 2.75) is 6.10 Å². The van der Waals surface area contributed by atoms with Crippen LogP contribution in [0.15, 0.2) is 18.6 Å². The molecule has 0 bridgehead atoms. The normalized spacial score (nSPS) is 12.6. The maximum absolute atomic E-state index is 9.58. The van der Waals surface area contributed by atoms with Crippen LogP contribution in [0.4, 0.5) is 11.6 Å². The molecule has 8 heteroatoms. The number of ether oxygens (including phenoxy) is 1. The number of aliphatic hydroxyl groups is 1. The quantitative estimate of drug-likeness (QED) is 0.402. The summed E-state index contributed by atoms with van der Waals surface area (Å²) in [5.41, 5.74) is 3.14. The lowest BCUT2D eigenvalue weighted by molar-refractivity contribution is 0.0727. The number of nitrogens with zero attached hydrogens (tertiary/aromatic N) is 3. The number of hydrazine groups is 1. The van der Waals surface area contributed by atoms with Gasteiger partial charge in [-0.15, -0.1) is 0 Å². The first-order valence-corrected chi connectivity index (χ1v) is 5.45. The number of nitrogens with one attached hydrogen (secondary N) is 2. The van der Waals surface area contributed by atoms with Crippen molar-refractivity contribution in [1.29, 1.82) is 0 Å². The van der Waals surface area contributed by atoms with Crippen LogP contribution >= 0.6 is 0 Å². The van der Waals surface area contributed by atoms with Crippen LogP contribution in [0.25, 0.3) is 5.65 Å². The number of methoxy groups -OCH3 is 1. The summed E-state index contributed by atoms with van der Waals surface area (Å²) in [4.78, 5) is 8.42. The van der Waals surface area contributed by atoms with E-state index < -0.39 is 6.10 Å². The van der Waals surface area contributed by atoms with Crippen molar-refractivity contribution < 1.29 is 9.84 Å². The van der Waals surface area contributed by atoms with E-state index in [9.17, 15) is 5.11 Å². The van der Waals surface area contributed by atoms with Crippen LogP contribution in [0.2, 0.25) is 0 Å². The standard InChI is InChI=1S/C10H16N6O2/c1-18-6-7(17)4-13-9-10-12-2-3-16(10)5-8(14-9)15-11/h2-3,5,7,15,17H,4,6,11H2,1H3,(H,13,14). The van der Waals surface area contributed by atoms with Crippen LogP contribution in [0.3, 0.4) is 0 Å². The van der Waals surface area contributed by atoms with Gasteiger partial charge in [0, 0.05) is 26.0 Å². The lowest BCUT2D eigenvalue weighted by Gasteiger charge is -2.12. The molecule has 1 atom stereocenters. The van der Waals surface area contributed by atoms with Gasteiger partial charge < -0.3 is 25.0 Å². The average Bonchev–Trinajstić information content (AvgIpc) is 2.84. The predicted molar refractivity (Wildman–Crippen MR) is 67.2 cm³/mol. The number of aromatic nitrogens is 3. The minimum Gasteiger partial charge on any atom is -0.389 e. The number of aliphatic hydroxyl groups excluding tert-OH is 1. The second-order valence-electron chi connectivity index (χ2n) is 3.77. The molecular weight excluding hydrogens is 236 g/mol. The highest BCUT2D eigenvalue weighted by Crippen LogP contribution is 2.15. The van der Waals surface area contributed by atoms with Crippen LogP contribution in [0.1, 0.15) is 0 Å². The van der Waals surface area contributed by atoms with Gasteiger partial charge in [-0.1, -0.05) is 0 Å². The Morgan fingerprint density at radius 3 is 3.17 bits per heavy atom. The average molecular weight is 252 g/mol. The van der Waals surface area contributed by atoms with E-state index in [4.69, 9.17) is 10.6 Å². The first-order chi connectivity index (χ1) is 8.74. The fourth-order valence-electron chi connectivity index (χ4n) is 1.59. The Morgan fingerprint density at radius 2 is 2.44 bits per heavy atom. The highest BCUT2D eigenvalue weighted by Gasteiger charge is 2.09. The van der Waals surface area contributed by atoms with Gasteiger partial charge in [0.25, 0.3) is 0 Å². The van der Waals surface area contributed by atoms with E-state index in [-0.39, 0.29) is 6.61 Å². The van der Waals surface area contributed by atoms with Gasteiger partial charge in [-0.2, -0.15) is 0 Å². The molecule has 0 aliphatic rings. The number of rotatable bonds is 6. The summed E-state index contributed by atoms with van der Waals surface area (Å²) >= 11 is 0. The molecule has 0 aliphatic carbocycles. The summed E-state index contributed by atoms with van der Waals surface area (Å²) in [7, 11) is 1.53. The number of imidazole rings is 1. The van der Waals surface area contributed by atoms with Crippen molar-refractivity contribution in [1.82, 2.24) is 14.4 Å². The zero-order valence-corrected chi connectivity index (χ0v) is 10.00. The second kappa shape index (κ2) is 5.63. The molecule has 18 heavy (non-hydrogen) atoms. The molecule has 2 rings (SSSR count). The second-order valence-corrected chi connectivity index (χ2v) is 3.77. The Labute approximate surface area is 104 Å². The lowest BCUT2D eigenvalue weighted by atomic mass is 10.4. The molecule has 0 saturated heterocycles. The zero-order valence-electron chi connectivity index (χ0n) is 10.00. The maximum atomic E-state index is 9.58. The molecule has 8 nitrogen and oxygen atoms in total. The molecule has 0 aromatic carbocycles. The van der Waals surface area contributed by atoms with E-state index in [0.29, 0.717) is 23.8 Å². The Hall–Kier alpha value is -1.90. The van der Waals surface area contributed by atoms with E-state index in [2.05, 4.69) is 20.7 Å². The minimum absolute atomic E-state index is 0.257. The number of nitrogens with two attached hydrogens (primary N) is 1. The first kappa shape index (κ1) is 12.6. The van der Waals surface area contributed by atoms with Crippen LogP contribution in [-0.2, 0) is 4.74 Å². The van der Waals surface area contributed by atoms with Gasteiger partial charge in [-0.05, 0) is 0 Å². The molecule has 98 valence electrons. The molecule has 0 aliphatic heterocycles. The summed E-state index contributed by atoms with van der Waals surface area (Å²) in [6.45, 7) is 0.573. The van der Waals surface area contributed by atoms with E-state index in [1.165, 1.54) is 7.11 Å². The van der Waals surface area contributed by atoms with Crippen molar-refractivity contribution in [3.05, 3.63) is 18.6 Å². The first-order valence-electron chi connectivity index (χ1n) is 5.45. The highest BCUT2D eigenvalue weighted by molar-refractivity contribution is 5.65. The van der Waals surface area contributed by atoms with Crippen molar-refractivity contribution in [2.75, 3.05) is 31.0 Å². The molecule has 2 heterocycles. The molecule has 2 aromatic heterocycles. The van der Waals surface area contributed by atoms with Gasteiger partial charge >= 0.3 is 0 Å². The molecule has 1 unspecified atom stereocenters. The third-order valence-corrected chi connectivity index (χ3v) is 2.39. The van der Waals surface area contributed by atoms with Gasteiger partial charge in [0.1, 0.15) is 0 Å². The SMILES string of the molecule is COCC(O)CNc1nc(NN)cn2ccnc12. The Kier molecular flexibility index (Phi) is 3.92. The molecule has 0 amide bonds. The highest BCUT2D eigenvalue weighted by atomic mass is 16.5. The monoisotopic (exact) mass is 252 g/mol. The lowest BCUT2D eigenvalue weighted by Crippen LogP contribution is -2.25.